The number of methoxy groups -OCH3 is 1. The molecule has 2 aromatic rings. The molecule has 0 aliphatic carbocycles. The summed E-state index contributed by atoms with van der Waals surface area (Å²) in [7, 11) is 3.47. The van der Waals surface area contributed by atoms with Gasteiger partial charge >= 0.3 is 0 Å². The van der Waals surface area contributed by atoms with Crippen molar-refractivity contribution in [3.05, 3.63) is 40.7 Å². The van der Waals surface area contributed by atoms with E-state index in [2.05, 4.69) is 5.32 Å². The Hall–Kier alpha value is -1.81. The van der Waals surface area contributed by atoms with Crippen molar-refractivity contribution in [2.75, 3.05) is 19.0 Å². The average Bonchev–Trinajstić information content (AvgIpc) is 2.41. The Bertz CT molecular complexity index is 644. The summed E-state index contributed by atoms with van der Waals surface area (Å²) in [4.78, 5) is 11.9. The van der Waals surface area contributed by atoms with E-state index in [-0.39, 0.29) is 11.2 Å². The van der Waals surface area contributed by atoms with Crippen molar-refractivity contribution in [3.8, 4) is 0 Å². The average molecular weight is 260 g/mol. The SMILES string of the molecule is COC(C)(C)CNc1cc(=O)n(C)c2ccccc12. The second-order valence-corrected chi connectivity index (χ2v) is 5.29. The van der Waals surface area contributed by atoms with Crippen LogP contribution in [0.5, 0.6) is 0 Å². The fourth-order valence-corrected chi connectivity index (χ4v) is 1.94. The Morgan fingerprint density at radius 1 is 1.32 bits per heavy atom. The van der Waals surface area contributed by atoms with Crippen molar-refractivity contribution in [1.29, 1.82) is 0 Å². The van der Waals surface area contributed by atoms with Gasteiger partial charge in [-0.2, -0.15) is 0 Å². The first-order chi connectivity index (χ1) is 8.94. The lowest BCUT2D eigenvalue weighted by atomic mass is 10.1. The van der Waals surface area contributed by atoms with Gasteiger partial charge in [-0.25, -0.2) is 0 Å². The number of ether oxygens (including phenoxy) is 1. The Morgan fingerprint density at radius 3 is 2.68 bits per heavy atom. The highest BCUT2D eigenvalue weighted by molar-refractivity contribution is 5.91. The molecule has 0 fully saturated rings. The third-order valence-corrected chi connectivity index (χ3v) is 3.41. The molecule has 0 unspecified atom stereocenters. The Kier molecular flexibility index (Phi) is 3.62. The maximum Gasteiger partial charge on any atom is 0.252 e. The first kappa shape index (κ1) is 13.6. The molecule has 1 heterocycles. The normalized spacial score (nSPS) is 11.8. The lowest BCUT2D eigenvalue weighted by Gasteiger charge is -2.24. The van der Waals surface area contributed by atoms with Gasteiger partial charge in [0.05, 0.1) is 11.1 Å². The van der Waals surface area contributed by atoms with E-state index < -0.39 is 0 Å². The summed E-state index contributed by atoms with van der Waals surface area (Å²) in [5.74, 6) is 0. The molecule has 0 bridgehead atoms. The van der Waals surface area contributed by atoms with Gasteiger partial charge in [0.25, 0.3) is 5.56 Å². The highest BCUT2D eigenvalue weighted by Gasteiger charge is 2.16. The highest BCUT2D eigenvalue weighted by atomic mass is 16.5. The number of aromatic nitrogens is 1. The van der Waals surface area contributed by atoms with Crippen LogP contribution in [-0.2, 0) is 11.8 Å². The summed E-state index contributed by atoms with van der Waals surface area (Å²) in [6.07, 6.45) is 0. The molecule has 0 saturated heterocycles. The summed E-state index contributed by atoms with van der Waals surface area (Å²) in [6.45, 7) is 4.65. The third-order valence-electron chi connectivity index (χ3n) is 3.41. The lowest BCUT2D eigenvalue weighted by Crippen LogP contribution is -2.32. The zero-order chi connectivity index (χ0) is 14.0. The van der Waals surface area contributed by atoms with Gasteiger partial charge in [-0.3, -0.25) is 4.79 Å². The molecule has 0 saturated carbocycles. The molecule has 0 amide bonds. The van der Waals surface area contributed by atoms with E-state index in [9.17, 15) is 4.79 Å². The molecule has 1 N–H and O–H groups in total. The predicted molar refractivity (Wildman–Crippen MR) is 78.8 cm³/mol. The molecule has 0 aliphatic rings. The maximum absolute atomic E-state index is 11.9. The molecule has 4 nitrogen and oxygen atoms in total. The van der Waals surface area contributed by atoms with E-state index in [0.29, 0.717) is 6.54 Å². The number of nitrogens with one attached hydrogen (secondary N) is 1. The van der Waals surface area contributed by atoms with Crippen LogP contribution in [0.25, 0.3) is 10.9 Å². The maximum atomic E-state index is 11.9. The molecular weight excluding hydrogens is 240 g/mol. The summed E-state index contributed by atoms with van der Waals surface area (Å²) >= 11 is 0. The molecule has 0 spiro atoms. The van der Waals surface area contributed by atoms with Gasteiger partial charge in [0.15, 0.2) is 0 Å². The molecule has 19 heavy (non-hydrogen) atoms. The molecule has 102 valence electrons. The largest absolute Gasteiger partial charge is 0.381 e. The quantitative estimate of drug-likeness (QED) is 0.917. The summed E-state index contributed by atoms with van der Waals surface area (Å²) in [6, 6.07) is 9.50. The van der Waals surface area contributed by atoms with Gasteiger partial charge < -0.3 is 14.6 Å². The van der Waals surface area contributed by atoms with E-state index in [1.165, 1.54) is 0 Å². The first-order valence-electron chi connectivity index (χ1n) is 6.32. The molecule has 1 aromatic carbocycles. The summed E-state index contributed by atoms with van der Waals surface area (Å²) in [5, 5.41) is 4.35. The van der Waals surface area contributed by atoms with E-state index in [4.69, 9.17) is 4.74 Å². The van der Waals surface area contributed by atoms with Crippen molar-refractivity contribution in [2.45, 2.75) is 19.4 Å². The lowest BCUT2D eigenvalue weighted by molar-refractivity contribution is 0.0344. The minimum Gasteiger partial charge on any atom is -0.381 e. The van der Waals surface area contributed by atoms with Gasteiger partial charge in [0.2, 0.25) is 0 Å². The van der Waals surface area contributed by atoms with Crippen LogP contribution in [-0.4, -0.2) is 23.8 Å². The highest BCUT2D eigenvalue weighted by Crippen LogP contribution is 2.21. The van der Waals surface area contributed by atoms with Crippen molar-refractivity contribution in [3.63, 3.8) is 0 Å². The van der Waals surface area contributed by atoms with Crippen molar-refractivity contribution in [1.82, 2.24) is 4.57 Å². The van der Waals surface area contributed by atoms with Crippen molar-refractivity contribution in [2.24, 2.45) is 7.05 Å². The number of nitrogens with zero attached hydrogens (tertiary/aromatic N) is 1. The zero-order valence-electron chi connectivity index (χ0n) is 11.9. The third kappa shape index (κ3) is 2.79. The van der Waals surface area contributed by atoms with Crippen LogP contribution >= 0.6 is 0 Å². The van der Waals surface area contributed by atoms with Crippen LogP contribution < -0.4 is 10.9 Å². The Labute approximate surface area is 113 Å². The van der Waals surface area contributed by atoms with E-state index in [1.54, 1.807) is 24.8 Å². The molecule has 0 atom stereocenters. The van der Waals surface area contributed by atoms with E-state index >= 15 is 0 Å². The molecule has 1 aromatic heterocycles. The number of fused-ring (bicyclic) bond motifs is 1. The number of anilines is 1. The number of hydrogen-bond donors (Lipinski definition) is 1. The number of pyridine rings is 1. The number of para-hydroxylation sites is 1. The second-order valence-electron chi connectivity index (χ2n) is 5.29. The van der Waals surface area contributed by atoms with Gasteiger partial charge in [-0.1, -0.05) is 18.2 Å². The predicted octanol–water partition coefficient (Wildman–Crippen LogP) is 2.38. The molecular formula is C15H20N2O2. The van der Waals surface area contributed by atoms with Gasteiger partial charge in [0, 0.05) is 37.8 Å². The summed E-state index contributed by atoms with van der Waals surface area (Å²) in [5.41, 5.74) is 1.48. The number of rotatable bonds is 4. The topological polar surface area (TPSA) is 43.3 Å². The fourth-order valence-electron chi connectivity index (χ4n) is 1.94. The molecule has 0 radical (unpaired) electrons. The molecule has 4 heteroatoms. The van der Waals surface area contributed by atoms with Crippen LogP contribution in [0.15, 0.2) is 35.1 Å². The number of hydrogen-bond acceptors (Lipinski definition) is 3. The zero-order valence-corrected chi connectivity index (χ0v) is 11.9. The van der Waals surface area contributed by atoms with Crippen LogP contribution in [0.3, 0.4) is 0 Å². The Morgan fingerprint density at radius 2 is 2.00 bits per heavy atom. The van der Waals surface area contributed by atoms with Gasteiger partial charge in [-0.05, 0) is 19.9 Å². The second kappa shape index (κ2) is 5.05. The monoisotopic (exact) mass is 260 g/mol. The number of aryl methyl sites for hydroxylation is 1. The van der Waals surface area contributed by atoms with Crippen LogP contribution in [0.1, 0.15) is 13.8 Å². The molecule has 2 rings (SSSR count). The van der Waals surface area contributed by atoms with E-state index in [1.807, 2.05) is 38.1 Å². The number of benzene rings is 1. The standard InChI is InChI=1S/C15H20N2O2/c1-15(2,19-4)10-16-12-9-14(18)17(3)13-8-6-5-7-11(12)13/h5-9,16H,10H2,1-4H3. The minimum absolute atomic E-state index is 0.0172. The summed E-state index contributed by atoms with van der Waals surface area (Å²) < 4.78 is 7.03. The smallest absolute Gasteiger partial charge is 0.252 e. The van der Waals surface area contributed by atoms with Crippen LogP contribution in [0, 0.1) is 0 Å². The fraction of sp³-hybridized carbons (Fsp3) is 0.400. The Balaban J connectivity index is 2.44. The van der Waals surface area contributed by atoms with Crippen molar-refractivity contribution < 1.29 is 4.74 Å². The first-order valence-corrected chi connectivity index (χ1v) is 6.32. The van der Waals surface area contributed by atoms with E-state index in [0.717, 1.165) is 16.6 Å². The van der Waals surface area contributed by atoms with Crippen LogP contribution in [0.2, 0.25) is 0 Å². The minimum atomic E-state index is -0.276. The molecule has 0 aliphatic heterocycles. The van der Waals surface area contributed by atoms with Crippen molar-refractivity contribution >= 4 is 16.6 Å². The van der Waals surface area contributed by atoms with Gasteiger partial charge in [-0.15, -0.1) is 0 Å². The van der Waals surface area contributed by atoms with Gasteiger partial charge in [0.1, 0.15) is 0 Å². The van der Waals surface area contributed by atoms with Crippen LogP contribution in [0.4, 0.5) is 5.69 Å².